The van der Waals surface area contributed by atoms with Crippen molar-refractivity contribution in [2.75, 3.05) is 26.9 Å². The van der Waals surface area contributed by atoms with Gasteiger partial charge in [0.15, 0.2) is 0 Å². The zero-order chi connectivity index (χ0) is 14.8. The van der Waals surface area contributed by atoms with E-state index in [9.17, 15) is 0 Å². The average Bonchev–Trinajstić information content (AvgIpc) is 2.45. The molecule has 0 bridgehead atoms. The van der Waals surface area contributed by atoms with Crippen LogP contribution in [-0.4, -0.2) is 26.9 Å². The van der Waals surface area contributed by atoms with E-state index in [2.05, 4.69) is 38.2 Å². The van der Waals surface area contributed by atoms with Gasteiger partial charge in [0.25, 0.3) is 0 Å². The fourth-order valence-electron chi connectivity index (χ4n) is 2.17. The van der Waals surface area contributed by atoms with Crippen LogP contribution in [0.2, 0.25) is 0 Å². The molecule has 1 unspecified atom stereocenters. The van der Waals surface area contributed by atoms with Crippen molar-refractivity contribution >= 4 is 0 Å². The molecule has 114 valence electrons. The smallest absolute Gasteiger partial charge is 0.119 e. The number of benzene rings is 1. The summed E-state index contributed by atoms with van der Waals surface area (Å²) in [4.78, 5) is 0. The van der Waals surface area contributed by atoms with E-state index in [0.29, 0.717) is 6.61 Å². The molecular formula is C17H29NO2. The number of rotatable bonds is 10. The second-order valence-corrected chi connectivity index (χ2v) is 5.50. The Morgan fingerprint density at radius 3 is 2.70 bits per heavy atom. The van der Waals surface area contributed by atoms with Crippen molar-refractivity contribution in [3.05, 3.63) is 29.8 Å². The summed E-state index contributed by atoms with van der Waals surface area (Å²) in [5.41, 5.74) is 1.22. The lowest BCUT2D eigenvalue weighted by atomic mass is 10.1. The quantitative estimate of drug-likeness (QED) is 0.661. The molecule has 0 heterocycles. The fraction of sp³-hybridized carbons (Fsp3) is 0.647. The Morgan fingerprint density at radius 1 is 1.25 bits per heavy atom. The lowest BCUT2D eigenvalue weighted by molar-refractivity contribution is 0.106. The molecule has 0 amide bonds. The summed E-state index contributed by atoms with van der Waals surface area (Å²) in [6.07, 6.45) is 2.36. The van der Waals surface area contributed by atoms with Gasteiger partial charge in [0.2, 0.25) is 0 Å². The van der Waals surface area contributed by atoms with Crippen LogP contribution in [0.1, 0.15) is 45.2 Å². The van der Waals surface area contributed by atoms with Crippen molar-refractivity contribution < 1.29 is 9.47 Å². The largest absolute Gasteiger partial charge is 0.497 e. The minimum Gasteiger partial charge on any atom is -0.497 e. The number of methoxy groups -OCH3 is 1. The van der Waals surface area contributed by atoms with Crippen molar-refractivity contribution in [1.82, 2.24) is 5.32 Å². The van der Waals surface area contributed by atoms with Crippen LogP contribution in [0.4, 0.5) is 0 Å². The summed E-state index contributed by atoms with van der Waals surface area (Å²) in [5.74, 6) is 1.65. The molecule has 0 aliphatic rings. The van der Waals surface area contributed by atoms with Crippen LogP contribution in [0.3, 0.4) is 0 Å². The van der Waals surface area contributed by atoms with E-state index in [0.717, 1.165) is 31.2 Å². The second-order valence-electron chi connectivity index (χ2n) is 5.50. The number of likely N-dealkylation sites (N-methyl/N-ethyl adjacent to an activating group) is 1. The van der Waals surface area contributed by atoms with E-state index in [1.165, 1.54) is 12.0 Å². The SMILES string of the molecule is CCNC(COCCCC(C)C)c1cccc(OC)c1. The first-order valence-electron chi connectivity index (χ1n) is 7.62. The lowest BCUT2D eigenvalue weighted by Crippen LogP contribution is -2.25. The molecule has 1 aromatic rings. The summed E-state index contributed by atoms with van der Waals surface area (Å²) in [5, 5.41) is 3.47. The first-order chi connectivity index (χ1) is 9.67. The highest BCUT2D eigenvalue weighted by Crippen LogP contribution is 2.19. The second kappa shape index (κ2) is 9.78. The standard InChI is InChI=1S/C17H29NO2/c1-5-18-17(13-20-11-7-8-14(2)3)15-9-6-10-16(12-15)19-4/h6,9-10,12,14,17-18H,5,7-8,11,13H2,1-4H3. The van der Waals surface area contributed by atoms with Crippen molar-refractivity contribution in [2.45, 2.75) is 39.7 Å². The van der Waals surface area contributed by atoms with Gasteiger partial charge in [-0.05, 0) is 43.0 Å². The number of nitrogens with one attached hydrogen (secondary N) is 1. The molecule has 1 N–H and O–H groups in total. The molecule has 0 aliphatic heterocycles. The normalized spacial score (nSPS) is 12.7. The van der Waals surface area contributed by atoms with E-state index >= 15 is 0 Å². The Labute approximate surface area is 123 Å². The molecule has 3 heteroatoms. The highest BCUT2D eigenvalue weighted by molar-refractivity contribution is 5.30. The van der Waals surface area contributed by atoms with Crippen LogP contribution in [0.5, 0.6) is 5.75 Å². The highest BCUT2D eigenvalue weighted by Gasteiger charge is 2.11. The van der Waals surface area contributed by atoms with Crippen molar-refractivity contribution in [3.8, 4) is 5.75 Å². The Hall–Kier alpha value is -1.06. The molecule has 20 heavy (non-hydrogen) atoms. The zero-order valence-corrected chi connectivity index (χ0v) is 13.3. The molecule has 0 radical (unpaired) electrons. The van der Waals surface area contributed by atoms with Crippen LogP contribution in [0.15, 0.2) is 24.3 Å². The minimum absolute atomic E-state index is 0.231. The van der Waals surface area contributed by atoms with Crippen LogP contribution in [0, 0.1) is 5.92 Å². The zero-order valence-electron chi connectivity index (χ0n) is 13.3. The van der Waals surface area contributed by atoms with E-state index < -0.39 is 0 Å². The molecule has 1 atom stereocenters. The molecule has 1 aromatic carbocycles. The van der Waals surface area contributed by atoms with Gasteiger partial charge in [0.05, 0.1) is 19.8 Å². The topological polar surface area (TPSA) is 30.5 Å². The predicted octanol–water partition coefficient (Wildman–Crippen LogP) is 3.80. The first kappa shape index (κ1) is 17.0. The summed E-state index contributed by atoms with van der Waals surface area (Å²) in [6, 6.07) is 8.42. The Bertz CT molecular complexity index is 366. The van der Waals surface area contributed by atoms with Crippen molar-refractivity contribution in [1.29, 1.82) is 0 Å². The van der Waals surface area contributed by atoms with Crippen molar-refractivity contribution in [3.63, 3.8) is 0 Å². The molecule has 3 nitrogen and oxygen atoms in total. The number of hydrogen-bond donors (Lipinski definition) is 1. The monoisotopic (exact) mass is 279 g/mol. The van der Waals surface area contributed by atoms with Crippen LogP contribution in [0.25, 0.3) is 0 Å². The maximum absolute atomic E-state index is 5.82. The number of hydrogen-bond acceptors (Lipinski definition) is 3. The van der Waals surface area contributed by atoms with Gasteiger partial charge < -0.3 is 14.8 Å². The minimum atomic E-state index is 0.231. The molecule has 1 rings (SSSR count). The fourth-order valence-corrected chi connectivity index (χ4v) is 2.17. The molecular weight excluding hydrogens is 250 g/mol. The molecule has 0 aromatic heterocycles. The van der Waals surface area contributed by atoms with E-state index in [1.807, 2.05) is 12.1 Å². The third-order valence-corrected chi connectivity index (χ3v) is 3.30. The summed E-state index contributed by atoms with van der Waals surface area (Å²) in [6.45, 7) is 9.09. The maximum Gasteiger partial charge on any atom is 0.119 e. The van der Waals surface area contributed by atoms with Crippen LogP contribution >= 0.6 is 0 Å². The van der Waals surface area contributed by atoms with E-state index in [4.69, 9.17) is 9.47 Å². The summed E-state index contributed by atoms with van der Waals surface area (Å²) in [7, 11) is 1.70. The van der Waals surface area contributed by atoms with Gasteiger partial charge in [-0.3, -0.25) is 0 Å². The molecule has 0 saturated heterocycles. The number of ether oxygens (including phenoxy) is 2. The lowest BCUT2D eigenvalue weighted by Gasteiger charge is -2.19. The van der Waals surface area contributed by atoms with Crippen LogP contribution < -0.4 is 10.1 Å². The van der Waals surface area contributed by atoms with E-state index in [1.54, 1.807) is 7.11 Å². The predicted molar refractivity (Wildman–Crippen MR) is 84.3 cm³/mol. The third kappa shape index (κ3) is 6.40. The van der Waals surface area contributed by atoms with E-state index in [-0.39, 0.29) is 6.04 Å². The van der Waals surface area contributed by atoms with Gasteiger partial charge >= 0.3 is 0 Å². The summed E-state index contributed by atoms with van der Waals surface area (Å²) < 4.78 is 11.1. The average molecular weight is 279 g/mol. The van der Waals surface area contributed by atoms with Gasteiger partial charge in [-0.25, -0.2) is 0 Å². The molecule has 0 saturated carbocycles. The summed E-state index contributed by atoms with van der Waals surface area (Å²) >= 11 is 0. The van der Waals surface area contributed by atoms with Gasteiger partial charge in [-0.1, -0.05) is 32.9 Å². The maximum atomic E-state index is 5.82. The molecule has 0 spiro atoms. The van der Waals surface area contributed by atoms with Gasteiger partial charge in [-0.2, -0.15) is 0 Å². The van der Waals surface area contributed by atoms with Gasteiger partial charge in [0, 0.05) is 6.61 Å². The highest BCUT2D eigenvalue weighted by atomic mass is 16.5. The Balaban J connectivity index is 2.46. The molecule has 0 fully saturated rings. The van der Waals surface area contributed by atoms with Crippen molar-refractivity contribution in [2.24, 2.45) is 5.92 Å². The van der Waals surface area contributed by atoms with Crippen LogP contribution in [-0.2, 0) is 4.74 Å². The Morgan fingerprint density at radius 2 is 2.05 bits per heavy atom. The van der Waals surface area contributed by atoms with Gasteiger partial charge in [0.1, 0.15) is 5.75 Å². The third-order valence-electron chi connectivity index (χ3n) is 3.30. The molecule has 0 aliphatic carbocycles. The Kier molecular flexibility index (Phi) is 8.31. The van der Waals surface area contributed by atoms with Gasteiger partial charge in [-0.15, -0.1) is 0 Å². The first-order valence-corrected chi connectivity index (χ1v) is 7.62.